The van der Waals surface area contributed by atoms with Crippen LogP contribution in [0.25, 0.3) is 0 Å². The molecule has 0 aliphatic carbocycles. The average Bonchev–Trinajstić information content (AvgIpc) is 2.41. The number of hydrogen-bond acceptors (Lipinski definition) is 6. The van der Waals surface area contributed by atoms with Crippen LogP contribution in [0.1, 0.15) is 0 Å². The molecule has 2 rings (SSSR count). The van der Waals surface area contributed by atoms with Crippen molar-refractivity contribution in [3.05, 3.63) is 29.3 Å². The van der Waals surface area contributed by atoms with E-state index in [9.17, 15) is 20.1 Å². The van der Waals surface area contributed by atoms with Crippen LogP contribution in [0, 0.1) is 0 Å². The minimum Gasteiger partial charge on any atom is -0.479 e. The molecule has 1 heterocycles. The van der Waals surface area contributed by atoms with E-state index in [4.69, 9.17) is 26.2 Å². The fraction of sp³-hybridized carbons (Fsp3) is 0.417. The van der Waals surface area contributed by atoms with Gasteiger partial charge in [0.1, 0.15) is 24.1 Å². The van der Waals surface area contributed by atoms with Gasteiger partial charge < -0.3 is 29.9 Å². The number of ether oxygens (including phenoxy) is 2. The predicted octanol–water partition coefficient (Wildman–Crippen LogP) is -0.389. The van der Waals surface area contributed by atoms with Gasteiger partial charge in [-0.3, -0.25) is 0 Å². The zero-order chi connectivity index (χ0) is 14.9. The molecule has 4 N–H and O–H groups in total. The highest BCUT2D eigenvalue weighted by Crippen LogP contribution is 2.25. The number of carboxylic acids is 1. The summed E-state index contributed by atoms with van der Waals surface area (Å²) in [6.45, 7) is 0. The Morgan fingerprint density at radius 3 is 2.25 bits per heavy atom. The second-order valence-electron chi connectivity index (χ2n) is 4.31. The number of rotatable bonds is 3. The average molecular weight is 305 g/mol. The van der Waals surface area contributed by atoms with Gasteiger partial charge in [0.05, 0.1) is 0 Å². The highest BCUT2D eigenvalue weighted by Gasteiger charge is 2.48. The molecule has 0 amide bonds. The number of aliphatic hydroxyl groups excluding tert-OH is 3. The lowest BCUT2D eigenvalue weighted by Gasteiger charge is -2.38. The molecule has 8 heteroatoms. The second-order valence-corrected chi connectivity index (χ2v) is 4.74. The number of carbonyl (C=O) groups is 1. The zero-order valence-electron chi connectivity index (χ0n) is 10.1. The first kappa shape index (κ1) is 15.0. The zero-order valence-corrected chi connectivity index (χ0v) is 10.8. The van der Waals surface area contributed by atoms with Gasteiger partial charge in [0.25, 0.3) is 0 Å². The van der Waals surface area contributed by atoms with Crippen LogP contribution < -0.4 is 4.74 Å². The van der Waals surface area contributed by atoms with Gasteiger partial charge >= 0.3 is 5.97 Å². The van der Waals surface area contributed by atoms with Crippen LogP contribution in [0.4, 0.5) is 0 Å². The molecule has 0 spiro atoms. The first-order chi connectivity index (χ1) is 9.40. The van der Waals surface area contributed by atoms with E-state index < -0.39 is 36.7 Å². The highest BCUT2D eigenvalue weighted by atomic mass is 35.5. The first-order valence-corrected chi connectivity index (χ1v) is 6.12. The Bertz CT molecular complexity index is 477. The normalized spacial score (nSPS) is 33.7. The van der Waals surface area contributed by atoms with Crippen molar-refractivity contribution in [3.63, 3.8) is 0 Å². The van der Waals surface area contributed by atoms with Crippen molar-refractivity contribution >= 4 is 17.6 Å². The third-order valence-electron chi connectivity index (χ3n) is 2.88. The summed E-state index contributed by atoms with van der Waals surface area (Å²) in [6.07, 6.45) is -8.13. The van der Waals surface area contributed by atoms with E-state index in [0.29, 0.717) is 5.02 Å². The molecule has 0 bridgehead atoms. The maximum Gasteiger partial charge on any atom is 0.335 e. The summed E-state index contributed by atoms with van der Waals surface area (Å²) in [4.78, 5) is 10.9. The maximum atomic E-state index is 10.9. The molecular formula is C12H13ClO7. The molecule has 1 aliphatic heterocycles. The number of aliphatic carboxylic acids is 1. The number of benzene rings is 1. The van der Waals surface area contributed by atoms with E-state index in [0.717, 1.165) is 0 Å². The molecule has 1 fully saturated rings. The van der Waals surface area contributed by atoms with Crippen LogP contribution in [0.3, 0.4) is 0 Å². The number of hydrogen-bond donors (Lipinski definition) is 4. The molecule has 7 nitrogen and oxygen atoms in total. The SMILES string of the molecule is O=C(O)C1OC(Oc2ccc(Cl)cc2)C(O)C(O)C1O. The minimum absolute atomic E-state index is 0.270. The molecule has 1 aliphatic rings. The standard InChI is InChI=1S/C12H13ClO7/c13-5-1-3-6(4-2-5)19-12-9(16)7(14)8(15)10(20-12)11(17)18/h1-4,7-10,12,14-16H,(H,17,18). The number of halogens is 1. The topological polar surface area (TPSA) is 116 Å². The fourth-order valence-corrected chi connectivity index (χ4v) is 1.92. The molecule has 1 saturated heterocycles. The van der Waals surface area contributed by atoms with E-state index in [1.807, 2.05) is 0 Å². The summed E-state index contributed by atoms with van der Waals surface area (Å²) < 4.78 is 10.2. The van der Waals surface area contributed by atoms with Crippen LogP contribution in [0.2, 0.25) is 5.02 Å². The van der Waals surface area contributed by atoms with E-state index in [1.54, 1.807) is 0 Å². The largest absolute Gasteiger partial charge is 0.479 e. The first-order valence-electron chi connectivity index (χ1n) is 5.75. The summed E-state index contributed by atoms with van der Waals surface area (Å²) in [5, 5.41) is 38.2. The van der Waals surface area contributed by atoms with Crippen molar-refractivity contribution < 1.29 is 34.7 Å². The van der Waals surface area contributed by atoms with Gasteiger partial charge in [-0.25, -0.2) is 4.79 Å². The van der Waals surface area contributed by atoms with Gasteiger partial charge in [-0.2, -0.15) is 0 Å². The smallest absolute Gasteiger partial charge is 0.335 e. The van der Waals surface area contributed by atoms with Crippen LogP contribution in [0.5, 0.6) is 5.75 Å². The van der Waals surface area contributed by atoms with Crippen LogP contribution >= 0.6 is 11.6 Å². The molecule has 1 aromatic rings. The fourth-order valence-electron chi connectivity index (χ4n) is 1.80. The third-order valence-corrected chi connectivity index (χ3v) is 3.13. The van der Waals surface area contributed by atoms with Crippen LogP contribution in [-0.4, -0.2) is 57.1 Å². The Kier molecular flexibility index (Phi) is 4.46. The molecule has 110 valence electrons. The van der Waals surface area contributed by atoms with E-state index >= 15 is 0 Å². The van der Waals surface area contributed by atoms with Crippen molar-refractivity contribution in [3.8, 4) is 5.75 Å². The lowest BCUT2D eigenvalue weighted by atomic mass is 9.99. The van der Waals surface area contributed by atoms with Crippen LogP contribution in [-0.2, 0) is 9.53 Å². The molecule has 5 unspecified atom stereocenters. The molecule has 5 atom stereocenters. The molecular weight excluding hydrogens is 292 g/mol. The quantitative estimate of drug-likeness (QED) is 0.601. The van der Waals surface area contributed by atoms with Gasteiger partial charge in [-0.1, -0.05) is 11.6 Å². The monoisotopic (exact) mass is 304 g/mol. The highest BCUT2D eigenvalue weighted by molar-refractivity contribution is 6.30. The van der Waals surface area contributed by atoms with Crippen molar-refractivity contribution in [1.29, 1.82) is 0 Å². The van der Waals surface area contributed by atoms with Crippen molar-refractivity contribution in [2.75, 3.05) is 0 Å². The Morgan fingerprint density at radius 1 is 1.10 bits per heavy atom. The number of carboxylic acid groups (broad SMARTS) is 1. The molecule has 0 radical (unpaired) electrons. The molecule has 0 aromatic heterocycles. The summed E-state index contributed by atoms with van der Waals surface area (Å²) in [5.41, 5.74) is 0. The van der Waals surface area contributed by atoms with Gasteiger partial charge in [-0.15, -0.1) is 0 Å². The lowest BCUT2D eigenvalue weighted by Crippen LogP contribution is -2.61. The second kappa shape index (κ2) is 5.94. The van der Waals surface area contributed by atoms with E-state index in [1.165, 1.54) is 24.3 Å². The van der Waals surface area contributed by atoms with Gasteiger partial charge in [0.15, 0.2) is 6.10 Å². The van der Waals surface area contributed by atoms with Crippen molar-refractivity contribution in [2.24, 2.45) is 0 Å². The Balaban J connectivity index is 2.13. The van der Waals surface area contributed by atoms with Crippen molar-refractivity contribution in [1.82, 2.24) is 0 Å². The molecule has 20 heavy (non-hydrogen) atoms. The molecule has 1 aromatic carbocycles. The summed E-state index contributed by atoms with van der Waals surface area (Å²) >= 11 is 5.70. The Morgan fingerprint density at radius 2 is 1.70 bits per heavy atom. The summed E-state index contributed by atoms with van der Waals surface area (Å²) in [5.74, 6) is -1.20. The third kappa shape index (κ3) is 3.02. The van der Waals surface area contributed by atoms with Gasteiger partial charge in [0.2, 0.25) is 6.29 Å². The van der Waals surface area contributed by atoms with Gasteiger partial charge in [-0.05, 0) is 24.3 Å². The summed E-state index contributed by atoms with van der Waals surface area (Å²) in [6, 6.07) is 6.05. The maximum absolute atomic E-state index is 10.9. The summed E-state index contributed by atoms with van der Waals surface area (Å²) in [7, 11) is 0. The van der Waals surface area contributed by atoms with E-state index in [2.05, 4.69) is 0 Å². The lowest BCUT2D eigenvalue weighted by molar-refractivity contribution is -0.271. The predicted molar refractivity (Wildman–Crippen MR) is 66.4 cm³/mol. The molecule has 0 saturated carbocycles. The number of aliphatic hydroxyl groups is 3. The minimum atomic E-state index is -1.74. The van der Waals surface area contributed by atoms with Crippen LogP contribution in [0.15, 0.2) is 24.3 Å². The Hall–Kier alpha value is -1.38. The Labute approximate surface area is 118 Å². The van der Waals surface area contributed by atoms with E-state index in [-0.39, 0.29) is 5.75 Å². The van der Waals surface area contributed by atoms with Crippen molar-refractivity contribution in [2.45, 2.75) is 30.7 Å². The van der Waals surface area contributed by atoms with Gasteiger partial charge in [0, 0.05) is 5.02 Å².